The highest BCUT2D eigenvalue weighted by molar-refractivity contribution is 5.73. The van der Waals surface area contributed by atoms with Crippen LogP contribution < -0.4 is 0 Å². The van der Waals surface area contributed by atoms with Crippen LogP contribution in [0.3, 0.4) is 0 Å². The molecule has 0 saturated carbocycles. The van der Waals surface area contributed by atoms with E-state index in [1.165, 1.54) is 7.11 Å². The fourth-order valence-electron chi connectivity index (χ4n) is 8.81. The lowest BCUT2D eigenvalue weighted by Gasteiger charge is -2.49. The monoisotopic (exact) mass is 748 g/mol. The molecule has 19 atom stereocenters. The number of nitrogens with zero attached hydrogens (tertiary/aromatic N) is 1. The van der Waals surface area contributed by atoms with E-state index < -0.39 is 108 Å². The van der Waals surface area contributed by atoms with Crippen LogP contribution in [0.5, 0.6) is 0 Å². The molecule has 3 saturated heterocycles. The number of carbonyl (C=O) groups excluding carboxylic acids is 1. The van der Waals surface area contributed by atoms with Crippen LogP contribution in [-0.4, -0.2) is 141 Å². The fraction of sp³-hybridized carbons (Fsp3) is 0.974. The van der Waals surface area contributed by atoms with E-state index in [4.69, 9.17) is 28.4 Å². The van der Waals surface area contributed by atoms with Gasteiger partial charge in [-0.15, -0.1) is 0 Å². The first-order valence-corrected chi connectivity index (χ1v) is 19.5. The Hall–Kier alpha value is -0.970. The van der Waals surface area contributed by atoms with Gasteiger partial charge in [0.1, 0.15) is 18.3 Å². The van der Waals surface area contributed by atoms with Crippen LogP contribution in [0.4, 0.5) is 0 Å². The van der Waals surface area contributed by atoms with Gasteiger partial charge >= 0.3 is 5.97 Å². The van der Waals surface area contributed by atoms with Crippen LogP contribution >= 0.6 is 0 Å². The summed E-state index contributed by atoms with van der Waals surface area (Å²) in [7, 11) is 3.46. The number of hydrogen-bond donors (Lipinski definition) is 5. The lowest BCUT2D eigenvalue weighted by atomic mass is 9.74. The van der Waals surface area contributed by atoms with Gasteiger partial charge in [-0.2, -0.15) is 0 Å². The first-order valence-electron chi connectivity index (χ1n) is 19.5. The molecule has 3 aliphatic heterocycles. The van der Waals surface area contributed by atoms with Gasteiger partial charge in [0.15, 0.2) is 12.6 Å². The zero-order valence-corrected chi connectivity index (χ0v) is 34.3. The summed E-state index contributed by atoms with van der Waals surface area (Å²) < 4.78 is 37.7. The molecule has 52 heavy (non-hydrogen) atoms. The number of methoxy groups -OCH3 is 1. The molecule has 0 aromatic carbocycles. The molecule has 3 aliphatic rings. The summed E-state index contributed by atoms with van der Waals surface area (Å²) in [6, 6.07) is -0.157. The fourth-order valence-corrected chi connectivity index (χ4v) is 8.81. The van der Waals surface area contributed by atoms with Crippen molar-refractivity contribution >= 4 is 5.97 Å². The van der Waals surface area contributed by atoms with E-state index in [2.05, 4.69) is 4.90 Å². The number of esters is 1. The number of rotatable bonds is 8. The topological polar surface area (TPSA) is 177 Å². The molecular weight excluding hydrogens is 674 g/mol. The van der Waals surface area contributed by atoms with Crippen molar-refractivity contribution in [2.75, 3.05) is 14.2 Å². The Balaban J connectivity index is 2.16. The molecule has 13 heteroatoms. The van der Waals surface area contributed by atoms with Crippen LogP contribution in [0.1, 0.15) is 109 Å². The van der Waals surface area contributed by atoms with E-state index >= 15 is 0 Å². The molecule has 13 nitrogen and oxygen atoms in total. The first-order chi connectivity index (χ1) is 24.0. The minimum Gasteiger partial charge on any atom is -0.462 e. The Labute approximate surface area is 312 Å². The van der Waals surface area contributed by atoms with Gasteiger partial charge in [-0.1, -0.05) is 34.6 Å². The SMILES string of the molecule is CC[C@H]1OC(=O)[C@H](C)[C@@H](O[C@@H]2C[C@@](C)(OC)[C@@H](O)[C@H](C)O2)[C@H](C)[C@@H](O[C@@H]2O[C@H](C)C[C@H](N(C)C(C)C)[C@H]2O)[C@](C)(O)C[C@@H](C)[C@H](O)[C@H](C)[C@@H](O)[C@H]1C. The van der Waals surface area contributed by atoms with Crippen molar-refractivity contribution in [1.82, 2.24) is 4.90 Å². The lowest BCUT2D eigenvalue weighted by Crippen LogP contribution is -2.61. The maximum atomic E-state index is 14.1. The summed E-state index contributed by atoms with van der Waals surface area (Å²) >= 11 is 0. The molecule has 3 rings (SSSR count). The zero-order valence-electron chi connectivity index (χ0n) is 34.3. The molecule has 3 heterocycles. The Kier molecular flexibility index (Phi) is 16.0. The van der Waals surface area contributed by atoms with Gasteiger partial charge in [0.2, 0.25) is 0 Å². The number of cyclic esters (lactones) is 1. The Bertz CT molecular complexity index is 1130. The van der Waals surface area contributed by atoms with Crippen LogP contribution in [0.15, 0.2) is 0 Å². The molecule has 306 valence electrons. The number of hydrogen-bond acceptors (Lipinski definition) is 13. The van der Waals surface area contributed by atoms with Crippen molar-refractivity contribution in [2.24, 2.45) is 29.6 Å². The number of aliphatic hydroxyl groups is 5. The predicted octanol–water partition coefficient (Wildman–Crippen LogP) is 3.24. The second-order valence-corrected chi connectivity index (χ2v) is 17.2. The van der Waals surface area contributed by atoms with Crippen molar-refractivity contribution < 1.29 is 58.7 Å². The zero-order chi connectivity index (χ0) is 39.6. The van der Waals surface area contributed by atoms with Crippen molar-refractivity contribution in [3.05, 3.63) is 0 Å². The van der Waals surface area contributed by atoms with E-state index in [0.29, 0.717) is 12.8 Å². The van der Waals surface area contributed by atoms with E-state index in [1.807, 2.05) is 55.5 Å². The molecule has 0 aromatic heterocycles. The lowest BCUT2D eigenvalue weighted by molar-refractivity contribution is -0.319. The highest BCUT2D eigenvalue weighted by Gasteiger charge is 2.52. The molecule has 3 fully saturated rings. The molecule has 0 aromatic rings. The second kappa shape index (κ2) is 18.3. The number of aliphatic hydroxyl groups excluding tert-OH is 4. The predicted molar refractivity (Wildman–Crippen MR) is 195 cm³/mol. The second-order valence-electron chi connectivity index (χ2n) is 17.2. The molecule has 0 unspecified atom stereocenters. The average molecular weight is 748 g/mol. The highest BCUT2D eigenvalue weighted by Crippen LogP contribution is 2.41. The van der Waals surface area contributed by atoms with Gasteiger partial charge < -0.3 is 54.0 Å². The van der Waals surface area contributed by atoms with Gasteiger partial charge in [0, 0.05) is 43.4 Å². The van der Waals surface area contributed by atoms with E-state index in [9.17, 15) is 30.3 Å². The third-order valence-corrected chi connectivity index (χ3v) is 12.7. The Morgan fingerprint density at radius 1 is 0.885 bits per heavy atom. The first kappa shape index (κ1) is 45.4. The molecular formula is C39H73NO12. The van der Waals surface area contributed by atoms with Crippen molar-refractivity contribution in [2.45, 2.75) is 200 Å². The Morgan fingerprint density at radius 3 is 2.06 bits per heavy atom. The Morgan fingerprint density at radius 2 is 1.50 bits per heavy atom. The van der Waals surface area contributed by atoms with E-state index in [-0.39, 0.29) is 31.0 Å². The summed E-state index contributed by atoms with van der Waals surface area (Å²) in [6.07, 6.45) is -8.55. The third kappa shape index (κ3) is 10.1. The summed E-state index contributed by atoms with van der Waals surface area (Å²) in [5.41, 5.74) is -2.67. The summed E-state index contributed by atoms with van der Waals surface area (Å²) in [6.45, 7) is 21.9. The summed E-state index contributed by atoms with van der Waals surface area (Å²) in [5.74, 6) is -3.85. The van der Waals surface area contributed by atoms with Crippen LogP contribution in [-0.2, 0) is 33.2 Å². The molecule has 0 radical (unpaired) electrons. The number of likely N-dealkylation sites (N-methyl/N-ethyl adjacent to an activating group) is 1. The van der Waals surface area contributed by atoms with Crippen molar-refractivity contribution in [3.8, 4) is 0 Å². The largest absolute Gasteiger partial charge is 0.462 e. The summed E-state index contributed by atoms with van der Waals surface area (Å²) in [4.78, 5) is 16.2. The number of ether oxygens (including phenoxy) is 6. The standard InChI is InChI=1S/C39H73NO12/c1-15-28-22(6)31(42)23(7)30(41)20(4)17-38(11,46)35(52-37-32(43)27(16-21(5)48-37)40(13)19(2)3)24(8)33(25(9)36(45)50-28)51-29-18-39(12,47-14)34(44)26(10)49-29/h19-35,37,41-44,46H,15-18H2,1-14H3/t20-,21-,22+,23+,24+,25-,26+,27+,28-,29-,30+,31+,32-,33+,34+,35-,37+,38-,39-/m1/s1. The maximum absolute atomic E-state index is 14.1. The van der Waals surface area contributed by atoms with E-state index in [1.54, 1.807) is 34.6 Å². The highest BCUT2D eigenvalue weighted by atomic mass is 16.7. The van der Waals surface area contributed by atoms with Crippen molar-refractivity contribution in [1.29, 1.82) is 0 Å². The minimum atomic E-state index is -1.67. The smallest absolute Gasteiger partial charge is 0.311 e. The molecule has 0 bridgehead atoms. The van der Waals surface area contributed by atoms with Gasteiger partial charge in [0.25, 0.3) is 0 Å². The van der Waals surface area contributed by atoms with Gasteiger partial charge in [-0.05, 0) is 80.7 Å². The maximum Gasteiger partial charge on any atom is 0.311 e. The summed E-state index contributed by atoms with van der Waals surface area (Å²) in [5, 5.41) is 58.1. The third-order valence-electron chi connectivity index (χ3n) is 12.7. The molecule has 0 spiro atoms. The molecule has 5 N–H and O–H groups in total. The van der Waals surface area contributed by atoms with Crippen LogP contribution in [0, 0.1) is 29.6 Å². The number of carbonyl (C=O) groups is 1. The average Bonchev–Trinajstić information content (AvgIpc) is 3.08. The minimum absolute atomic E-state index is 0.0516. The van der Waals surface area contributed by atoms with Crippen molar-refractivity contribution in [3.63, 3.8) is 0 Å². The van der Waals surface area contributed by atoms with Crippen LogP contribution in [0.25, 0.3) is 0 Å². The van der Waals surface area contributed by atoms with Gasteiger partial charge in [-0.3, -0.25) is 9.69 Å². The quantitative estimate of drug-likeness (QED) is 0.229. The molecule has 0 amide bonds. The van der Waals surface area contributed by atoms with E-state index in [0.717, 1.165) is 0 Å². The van der Waals surface area contributed by atoms with Gasteiger partial charge in [-0.25, -0.2) is 0 Å². The normalized spacial score (nSPS) is 49.1. The van der Waals surface area contributed by atoms with Crippen LogP contribution in [0.2, 0.25) is 0 Å². The molecule has 0 aliphatic carbocycles. The van der Waals surface area contributed by atoms with Gasteiger partial charge in [0.05, 0.1) is 53.7 Å².